The second-order valence-corrected chi connectivity index (χ2v) is 7.82. The summed E-state index contributed by atoms with van der Waals surface area (Å²) in [4.78, 5) is 15.2. The highest BCUT2D eigenvalue weighted by Crippen LogP contribution is 2.33. The summed E-state index contributed by atoms with van der Waals surface area (Å²) in [5.74, 6) is 2.00. The quantitative estimate of drug-likeness (QED) is 0.479. The molecule has 1 aliphatic rings. The summed E-state index contributed by atoms with van der Waals surface area (Å²) >= 11 is 0. The lowest BCUT2D eigenvalue weighted by atomic mass is 10.1. The number of hydrogen-bond acceptors (Lipinski definition) is 4. The van der Waals surface area contributed by atoms with E-state index in [9.17, 15) is 4.79 Å². The maximum Gasteiger partial charge on any atom is 0.258 e. The topological polar surface area (TPSA) is 61.5 Å². The molecule has 3 heterocycles. The summed E-state index contributed by atoms with van der Waals surface area (Å²) in [6.45, 7) is 2.98. The van der Waals surface area contributed by atoms with E-state index >= 15 is 0 Å². The molecule has 0 N–H and O–H groups in total. The SMILES string of the molecule is COc1ccc(C(=O)N2Cc3nn(-c4cccc(C)c4)c(-n4cccc4)c3C2)c(OC)c1. The molecule has 2 aromatic carbocycles. The van der Waals surface area contributed by atoms with Crippen LogP contribution in [0.4, 0.5) is 0 Å². The van der Waals surface area contributed by atoms with E-state index in [0.717, 1.165) is 22.8 Å². The molecule has 0 radical (unpaired) electrons. The fraction of sp³-hybridized carbons (Fsp3) is 0.200. The van der Waals surface area contributed by atoms with Crippen molar-refractivity contribution < 1.29 is 14.3 Å². The van der Waals surface area contributed by atoms with Crippen LogP contribution >= 0.6 is 0 Å². The predicted octanol–water partition coefficient (Wildman–Crippen LogP) is 4.14. The molecule has 0 aliphatic carbocycles. The average Bonchev–Trinajstić information content (AvgIpc) is 3.54. The van der Waals surface area contributed by atoms with Crippen LogP contribution in [0.5, 0.6) is 11.5 Å². The number of fused-ring (bicyclic) bond motifs is 1. The van der Waals surface area contributed by atoms with Crippen molar-refractivity contribution in [3.05, 3.63) is 89.4 Å². The third kappa shape index (κ3) is 3.32. The van der Waals surface area contributed by atoms with Gasteiger partial charge in [-0.1, -0.05) is 12.1 Å². The summed E-state index contributed by atoms with van der Waals surface area (Å²) < 4.78 is 14.7. The molecule has 7 nitrogen and oxygen atoms in total. The molecule has 1 amide bonds. The van der Waals surface area contributed by atoms with Crippen LogP contribution in [0.15, 0.2) is 67.0 Å². The summed E-state index contributed by atoms with van der Waals surface area (Å²) in [5.41, 5.74) is 4.62. The van der Waals surface area contributed by atoms with Gasteiger partial charge in [-0.15, -0.1) is 0 Å². The molecule has 0 atom stereocenters. The maximum atomic E-state index is 13.4. The van der Waals surface area contributed by atoms with Crippen molar-refractivity contribution in [2.75, 3.05) is 14.2 Å². The van der Waals surface area contributed by atoms with E-state index < -0.39 is 0 Å². The molecule has 2 aromatic heterocycles. The van der Waals surface area contributed by atoms with E-state index in [-0.39, 0.29) is 5.91 Å². The number of benzene rings is 2. The summed E-state index contributed by atoms with van der Waals surface area (Å²) in [6.07, 6.45) is 4.00. The molecule has 0 spiro atoms. The minimum Gasteiger partial charge on any atom is -0.497 e. The summed E-state index contributed by atoms with van der Waals surface area (Å²) in [6, 6.07) is 17.5. The van der Waals surface area contributed by atoms with Gasteiger partial charge < -0.3 is 18.9 Å². The minimum atomic E-state index is -0.0944. The van der Waals surface area contributed by atoms with E-state index in [2.05, 4.69) is 23.6 Å². The zero-order valence-corrected chi connectivity index (χ0v) is 18.3. The van der Waals surface area contributed by atoms with Crippen molar-refractivity contribution in [1.29, 1.82) is 0 Å². The second-order valence-electron chi connectivity index (χ2n) is 7.82. The Morgan fingerprint density at radius 1 is 0.969 bits per heavy atom. The molecular weight excluding hydrogens is 404 g/mol. The van der Waals surface area contributed by atoms with Gasteiger partial charge in [-0.25, -0.2) is 4.68 Å². The molecule has 0 bridgehead atoms. The first-order chi connectivity index (χ1) is 15.6. The van der Waals surface area contributed by atoms with Crippen molar-refractivity contribution in [1.82, 2.24) is 19.2 Å². The Morgan fingerprint density at radius 3 is 2.50 bits per heavy atom. The fourth-order valence-corrected chi connectivity index (χ4v) is 4.17. The highest BCUT2D eigenvalue weighted by molar-refractivity contribution is 5.97. The van der Waals surface area contributed by atoms with Crippen LogP contribution in [-0.2, 0) is 13.1 Å². The second kappa shape index (κ2) is 7.92. The number of carbonyl (C=O) groups excluding carboxylic acids is 1. The Kier molecular flexibility index (Phi) is 4.93. The minimum absolute atomic E-state index is 0.0944. The van der Waals surface area contributed by atoms with E-state index in [4.69, 9.17) is 14.6 Å². The van der Waals surface area contributed by atoms with Gasteiger partial charge in [-0.2, -0.15) is 5.10 Å². The number of methoxy groups -OCH3 is 2. The number of hydrogen-bond donors (Lipinski definition) is 0. The smallest absolute Gasteiger partial charge is 0.258 e. The van der Waals surface area contributed by atoms with Gasteiger partial charge in [-0.3, -0.25) is 4.79 Å². The zero-order valence-electron chi connectivity index (χ0n) is 18.3. The van der Waals surface area contributed by atoms with Gasteiger partial charge in [0, 0.05) is 24.0 Å². The Hall–Kier alpha value is -4.00. The third-order valence-corrected chi connectivity index (χ3v) is 5.75. The van der Waals surface area contributed by atoms with Gasteiger partial charge in [0.05, 0.1) is 44.3 Å². The molecule has 32 heavy (non-hydrogen) atoms. The molecule has 7 heteroatoms. The Morgan fingerprint density at radius 2 is 1.78 bits per heavy atom. The number of rotatable bonds is 5. The van der Waals surface area contributed by atoms with E-state index in [1.807, 2.05) is 41.3 Å². The van der Waals surface area contributed by atoms with E-state index in [1.165, 1.54) is 5.56 Å². The van der Waals surface area contributed by atoms with Crippen LogP contribution < -0.4 is 9.47 Å². The molecule has 162 valence electrons. The van der Waals surface area contributed by atoms with Crippen LogP contribution in [0, 0.1) is 6.92 Å². The van der Waals surface area contributed by atoms with Crippen molar-refractivity contribution >= 4 is 5.91 Å². The van der Waals surface area contributed by atoms with Crippen molar-refractivity contribution in [3.8, 4) is 23.0 Å². The number of aryl methyl sites for hydroxylation is 1. The molecule has 0 fully saturated rings. The lowest BCUT2D eigenvalue weighted by molar-refractivity contribution is 0.0745. The van der Waals surface area contributed by atoms with Crippen LogP contribution in [0.2, 0.25) is 0 Å². The monoisotopic (exact) mass is 428 g/mol. The standard InChI is InChI=1S/C25H24N4O3/c1-17-7-6-8-18(13-17)29-24(27-11-4-5-12-27)21-15-28(16-22(21)26-29)25(30)20-10-9-19(31-2)14-23(20)32-3/h4-14H,15-16H2,1-3H3. The molecule has 1 aliphatic heterocycles. The lowest BCUT2D eigenvalue weighted by Gasteiger charge is -2.19. The first-order valence-corrected chi connectivity index (χ1v) is 10.4. The summed E-state index contributed by atoms with van der Waals surface area (Å²) in [7, 11) is 3.14. The zero-order chi connectivity index (χ0) is 22.2. The van der Waals surface area contributed by atoms with Gasteiger partial charge in [-0.05, 0) is 48.9 Å². The Balaban J connectivity index is 1.52. The molecular formula is C25H24N4O3. The van der Waals surface area contributed by atoms with E-state index in [1.54, 1.807) is 37.3 Å². The number of nitrogens with zero attached hydrogens (tertiary/aromatic N) is 4. The van der Waals surface area contributed by atoms with Crippen LogP contribution in [-0.4, -0.2) is 39.4 Å². The van der Waals surface area contributed by atoms with Crippen LogP contribution in [0.3, 0.4) is 0 Å². The number of aromatic nitrogens is 3. The number of ether oxygens (including phenoxy) is 2. The first-order valence-electron chi connectivity index (χ1n) is 10.4. The average molecular weight is 428 g/mol. The summed E-state index contributed by atoms with van der Waals surface area (Å²) in [5, 5.41) is 4.91. The maximum absolute atomic E-state index is 13.4. The molecule has 4 aromatic rings. The lowest BCUT2D eigenvalue weighted by Crippen LogP contribution is -2.26. The molecule has 5 rings (SSSR count). The fourth-order valence-electron chi connectivity index (χ4n) is 4.17. The normalized spacial score (nSPS) is 12.7. The van der Waals surface area contributed by atoms with Gasteiger partial charge >= 0.3 is 0 Å². The van der Waals surface area contributed by atoms with Crippen LogP contribution in [0.1, 0.15) is 27.2 Å². The van der Waals surface area contributed by atoms with Crippen molar-refractivity contribution in [3.63, 3.8) is 0 Å². The Bertz CT molecular complexity index is 1290. The highest BCUT2D eigenvalue weighted by atomic mass is 16.5. The van der Waals surface area contributed by atoms with Gasteiger partial charge in [0.15, 0.2) is 0 Å². The van der Waals surface area contributed by atoms with E-state index in [0.29, 0.717) is 30.2 Å². The largest absolute Gasteiger partial charge is 0.497 e. The number of carbonyl (C=O) groups is 1. The first kappa shape index (κ1) is 19.9. The van der Waals surface area contributed by atoms with Gasteiger partial charge in [0.2, 0.25) is 0 Å². The van der Waals surface area contributed by atoms with Crippen molar-refractivity contribution in [2.45, 2.75) is 20.0 Å². The van der Waals surface area contributed by atoms with Crippen molar-refractivity contribution in [2.24, 2.45) is 0 Å². The highest BCUT2D eigenvalue weighted by Gasteiger charge is 2.32. The molecule has 0 saturated carbocycles. The van der Waals surface area contributed by atoms with Crippen LogP contribution in [0.25, 0.3) is 11.5 Å². The number of amides is 1. The van der Waals surface area contributed by atoms with Gasteiger partial charge in [0.1, 0.15) is 17.3 Å². The Labute approximate surface area is 186 Å². The molecule has 0 unspecified atom stereocenters. The van der Waals surface area contributed by atoms with Gasteiger partial charge in [0.25, 0.3) is 5.91 Å². The molecule has 0 saturated heterocycles. The predicted molar refractivity (Wildman–Crippen MR) is 121 cm³/mol. The third-order valence-electron chi connectivity index (χ3n) is 5.75.